The number of amides is 2. The number of carbonyl (C=O) groups is 2. The van der Waals surface area contributed by atoms with Crippen molar-refractivity contribution in [3.05, 3.63) is 82.3 Å². The van der Waals surface area contributed by atoms with E-state index in [9.17, 15) is 9.59 Å². The van der Waals surface area contributed by atoms with Crippen molar-refractivity contribution in [3.8, 4) is 5.75 Å². The van der Waals surface area contributed by atoms with Crippen LogP contribution in [0, 0.1) is 0 Å². The van der Waals surface area contributed by atoms with Crippen LogP contribution in [0.15, 0.2) is 71.6 Å². The highest BCUT2D eigenvalue weighted by Crippen LogP contribution is 2.31. The average Bonchev–Trinajstić information content (AvgIpc) is 2.78. The zero-order valence-electron chi connectivity index (χ0n) is 17.5. The predicted molar refractivity (Wildman–Crippen MR) is 132 cm³/mol. The fraction of sp³-hybridized carbons (Fsp3) is 0.167. The van der Waals surface area contributed by atoms with Crippen molar-refractivity contribution < 1.29 is 14.3 Å². The van der Waals surface area contributed by atoms with Gasteiger partial charge in [-0.05, 0) is 61.0 Å². The van der Waals surface area contributed by atoms with E-state index in [0.29, 0.717) is 39.2 Å². The molecule has 32 heavy (non-hydrogen) atoms. The Bertz CT molecular complexity index is 1120. The van der Waals surface area contributed by atoms with Crippen LogP contribution in [-0.2, 0) is 4.79 Å². The lowest BCUT2D eigenvalue weighted by Crippen LogP contribution is -2.24. The van der Waals surface area contributed by atoms with Crippen molar-refractivity contribution in [2.75, 3.05) is 17.7 Å². The van der Waals surface area contributed by atoms with Gasteiger partial charge in [0.15, 0.2) is 0 Å². The number of carbonyl (C=O) groups excluding carboxylic acids is 2. The maximum absolute atomic E-state index is 12.9. The number of methoxy groups -OCH3 is 1. The molecule has 3 rings (SSSR count). The molecule has 0 aromatic heterocycles. The van der Waals surface area contributed by atoms with Gasteiger partial charge in [-0.15, -0.1) is 11.8 Å². The summed E-state index contributed by atoms with van der Waals surface area (Å²) in [4.78, 5) is 26.2. The lowest BCUT2D eigenvalue weighted by Gasteiger charge is -2.17. The normalized spacial score (nSPS) is 11.5. The van der Waals surface area contributed by atoms with E-state index in [0.717, 1.165) is 4.90 Å². The topological polar surface area (TPSA) is 67.4 Å². The van der Waals surface area contributed by atoms with E-state index in [4.69, 9.17) is 27.9 Å². The molecule has 0 saturated carbocycles. The highest BCUT2D eigenvalue weighted by molar-refractivity contribution is 8.00. The molecule has 0 heterocycles. The Kier molecular flexibility index (Phi) is 8.45. The van der Waals surface area contributed by atoms with Gasteiger partial charge in [0.25, 0.3) is 5.91 Å². The van der Waals surface area contributed by atoms with Gasteiger partial charge in [-0.1, -0.05) is 42.3 Å². The molecule has 0 saturated heterocycles. The Balaban J connectivity index is 1.69. The molecule has 0 fully saturated rings. The molecule has 8 heteroatoms. The van der Waals surface area contributed by atoms with Crippen molar-refractivity contribution in [1.82, 2.24) is 0 Å². The van der Waals surface area contributed by atoms with Crippen LogP contribution in [0.5, 0.6) is 5.75 Å². The van der Waals surface area contributed by atoms with Crippen molar-refractivity contribution in [3.63, 3.8) is 0 Å². The highest BCUT2D eigenvalue weighted by atomic mass is 35.5. The number of ether oxygens (including phenoxy) is 1. The Hall–Kier alpha value is -2.67. The van der Waals surface area contributed by atoms with Crippen LogP contribution in [-0.4, -0.2) is 24.2 Å². The molecular formula is C24H22Cl2N2O3S. The molecule has 3 aromatic carbocycles. The van der Waals surface area contributed by atoms with E-state index in [2.05, 4.69) is 10.6 Å². The molecule has 0 bridgehead atoms. The number of anilines is 2. The molecular weight excluding hydrogens is 467 g/mol. The minimum absolute atomic E-state index is 0.161. The van der Waals surface area contributed by atoms with E-state index in [-0.39, 0.29) is 17.1 Å². The first-order valence-corrected chi connectivity index (χ1v) is 11.5. The summed E-state index contributed by atoms with van der Waals surface area (Å²) < 4.78 is 5.30. The van der Waals surface area contributed by atoms with Crippen molar-refractivity contribution in [1.29, 1.82) is 0 Å². The molecule has 0 aliphatic rings. The number of benzene rings is 3. The molecule has 0 aliphatic heterocycles. The summed E-state index contributed by atoms with van der Waals surface area (Å²) in [5, 5.41) is 6.41. The molecule has 0 aliphatic carbocycles. The fourth-order valence-electron chi connectivity index (χ4n) is 2.96. The third-order valence-corrected chi connectivity index (χ3v) is 6.37. The van der Waals surface area contributed by atoms with Crippen LogP contribution < -0.4 is 15.4 Å². The Morgan fingerprint density at radius 3 is 2.44 bits per heavy atom. The quantitative estimate of drug-likeness (QED) is 0.343. The highest BCUT2D eigenvalue weighted by Gasteiger charge is 2.20. The van der Waals surface area contributed by atoms with Crippen LogP contribution >= 0.6 is 35.0 Å². The second-order valence-electron chi connectivity index (χ2n) is 6.84. The van der Waals surface area contributed by atoms with Crippen LogP contribution in [0.4, 0.5) is 11.4 Å². The number of rotatable bonds is 8. The minimum atomic E-state index is -0.349. The standard InChI is InChI=1S/C24H22Cl2N2O3S/c1-3-22(24(30)28-20-13-17(26)10-11-21(20)31-2)32-19-9-5-8-18(14-19)27-23(29)15-6-4-7-16(25)12-15/h4-14,22H,3H2,1-2H3,(H,27,29)(H,28,30). The number of halogens is 2. The van der Waals surface area contributed by atoms with Gasteiger partial charge in [0.2, 0.25) is 5.91 Å². The minimum Gasteiger partial charge on any atom is -0.495 e. The molecule has 5 nitrogen and oxygen atoms in total. The van der Waals surface area contributed by atoms with E-state index in [1.54, 1.807) is 48.5 Å². The number of nitrogens with one attached hydrogen (secondary N) is 2. The molecule has 1 atom stereocenters. The molecule has 0 radical (unpaired) electrons. The fourth-order valence-corrected chi connectivity index (χ4v) is 4.33. The molecule has 2 N–H and O–H groups in total. The number of hydrogen-bond acceptors (Lipinski definition) is 4. The van der Waals surface area contributed by atoms with E-state index in [1.165, 1.54) is 18.9 Å². The first kappa shape index (κ1) is 24.0. The molecule has 0 spiro atoms. The third kappa shape index (κ3) is 6.42. The number of thioether (sulfide) groups is 1. The maximum atomic E-state index is 12.9. The van der Waals surface area contributed by atoms with Crippen molar-refractivity contribution in [2.45, 2.75) is 23.5 Å². The Labute approximate surface area is 201 Å². The lowest BCUT2D eigenvalue weighted by molar-refractivity contribution is -0.115. The van der Waals surface area contributed by atoms with E-state index >= 15 is 0 Å². The SMILES string of the molecule is CCC(Sc1cccc(NC(=O)c2cccc(Cl)c2)c1)C(=O)Nc1cc(Cl)ccc1OC. The second kappa shape index (κ2) is 11.3. The first-order valence-electron chi connectivity index (χ1n) is 9.87. The zero-order chi connectivity index (χ0) is 23.1. The van der Waals surface area contributed by atoms with Gasteiger partial charge < -0.3 is 15.4 Å². The van der Waals surface area contributed by atoms with E-state index in [1.807, 2.05) is 25.1 Å². The van der Waals surface area contributed by atoms with Gasteiger partial charge in [-0.3, -0.25) is 9.59 Å². The summed E-state index contributed by atoms with van der Waals surface area (Å²) in [5.41, 5.74) is 1.62. The largest absolute Gasteiger partial charge is 0.495 e. The summed E-state index contributed by atoms with van der Waals surface area (Å²) >= 11 is 13.4. The third-order valence-electron chi connectivity index (χ3n) is 4.54. The van der Waals surface area contributed by atoms with Crippen LogP contribution in [0.3, 0.4) is 0 Å². The molecule has 166 valence electrons. The van der Waals surface area contributed by atoms with Crippen LogP contribution in [0.1, 0.15) is 23.7 Å². The van der Waals surface area contributed by atoms with Gasteiger partial charge in [0.05, 0.1) is 18.0 Å². The molecule has 2 amide bonds. The van der Waals surface area contributed by atoms with Crippen molar-refractivity contribution in [2.24, 2.45) is 0 Å². The van der Waals surface area contributed by atoms with E-state index < -0.39 is 0 Å². The smallest absolute Gasteiger partial charge is 0.255 e. The average molecular weight is 489 g/mol. The monoisotopic (exact) mass is 488 g/mol. The van der Waals surface area contributed by atoms with Gasteiger partial charge >= 0.3 is 0 Å². The maximum Gasteiger partial charge on any atom is 0.255 e. The molecule has 1 unspecified atom stereocenters. The first-order chi connectivity index (χ1) is 15.4. The summed E-state index contributed by atoms with van der Waals surface area (Å²) in [6, 6.07) is 19.2. The van der Waals surface area contributed by atoms with Crippen molar-refractivity contribution >= 4 is 58.2 Å². The zero-order valence-corrected chi connectivity index (χ0v) is 19.9. The molecule has 3 aromatic rings. The van der Waals surface area contributed by atoms with Gasteiger partial charge in [-0.2, -0.15) is 0 Å². The summed E-state index contributed by atoms with van der Waals surface area (Å²) in [5.74, 6) is 0.118. The lowest BCUT2D eigenvalue weighted by atomic mass is 10.2. The predicted octanol–water partition coefficient (Wildman–Crippen LogP) is 6.76. The summed E-state index contributed by atoms with van der Waals surface area (Å²) in [7, 11) is 1.54. The summed E-state index contributed by atoms with van der Waals surface area (Å²) in [6.45, 7) is 1.94. The van der Waals surface area contributed by atoms with Crippen LogP contribution in [0.25, 0.3) is 0 Å². The summed E-state index contributed by atoms with van der Waals surface area (Å²) in [6.07, 6.45) is 0.610. The van der Waals surface area contributed by atoms with Crippen LogP contribution in [0.2, 0.25) is 10.0 Å². The second-order valence-corrected chi connectivity index (χ2v) is 8.99. The van der Waals surface area contributed by atoms with Gasteiger partial charge in [0.1, 0.15) is 5.75 Å². The van der Waals surface area contributed by atoms with Gasteiger partial charge in [-0.25, -0.2) is 0 Å². The Morgan fingerprint density at radius 1 is 0.969 bits per heavy atom. The van der Waals surface area contributed by atoms with Gasteiger partial charge in [0, 0.05) is 26.2 Å². The Morgan fingerprint density at radius 2 is 1.72 bits per heavy atom. The number of hydrogen-bond donors (Lipinski definition) is 2.